The van der Waals surface area contributed by atoms with Crippen LogP contribution in [0.2, 0.25) is 0 Å². The molecule has 3 heterocycles. The van der Waals surface area contributed by atoms with Gasteiger partial charge in [0, 0.05) is 25.3 Å². The number of carbonyl (C=O) groups excluding carboxylic acids is 1. The first kappa shape index (κ1) is 20.3. The van der Waals surface area contributed by atoms with Crippen LogP contribution in [0.15, 0.2) is 67.3 Å². The second-order valence-corrected chi connectivity index (χ2v) is 7.97. The lowest BCUT2D eigenvalue weighted by atomic mass is 10.1. The van der Waals surface area contributed by atoms with Crippen molar-refractivity contribution in [2.75, 3.05) is 31.2 Å². The van der Waals surface area contributed by atoms with Crippen LogP contribution in [0.1, 0.15) is 21.6 Å². The monoisotopic (exact) mass is 426 g/mol. The zero-order chi connectivity index (χ0) is 22.1. The number of ketones is 1. The Bertz CT molecular complexity index is 1320. The molecule has 0 atom stereocenters. The average Bonchev–Trinajstić information content (AvgIpc) is 3.32. The van der Waals surface area contributed by atoms with E-state index in [-0.39, 0.29) is 5.78 Å². The van der Waals surface area contributed by atoms with Gasteiger partial charge in [0.05, 0.1) is 35.5 Å². The highest BCUT2D eigenvalue weighted by Gasteiger charge is 2.21. The van der Waals surface area contributed by atoms with E-state index in [1.165, 1.54) is 5.69 Å². The highest BCUT2D eigenvalue weighted by atomic mass is 16.5. The molecule has 6 heteroatoms. The maximum absolute atomic E-state index is 13.3. The zero-order valence-electron chi connectivity index (χ0n) is 18.2. The highest BCUT2D eigenvalue weighted by molar-refractivity contribution is 6.12. The Morgan fingerprint density at radius 3 is 2.53 bits per heavy atom. The molecule has 162 valence electrons. The number of aromatic nitrogens is 3. The molecular weight excluding hydrogens is 400 g/mol. The molecule has 1 saturated heterocycles. The fourth-order valence-corrected chi connectivity index (χ4v) is 4.39. The minimum absolute atomic E-state index is 0.0529. The van der Waals surface area contributed by atoms with Gasteiger partial charge in [-0.25, -0.2) is 4.52 Å². The first-order valence-corrected chi connectivity index (χ1v) is 10.9. The van der Waals surface area contributed by atoms with Gasteiger partial charge in [0.25, 0.3) is 0 Å². The van der Waals surface area contributed by atoms with Crippen molar-refractivity contribution in [3.63, 3.8) is 0 Å². The molecule has 0 saturated carbocycles. The molecule has 0 bridgehead atoms. The number of allylic oxidation sites excluding steroid dienone is 2. The van der Waals surface area contributed by atoms with Crippen LogP contribution in [0.3, 0.4) is 0 Å². The summed E-state index contributed by atoms with van der Waals surface area (Å²) in [6.45, 7) is 9.72. The van der Waals surface area contributed by atoms with Gasteiger partial charge in [-0.1, -0.05) is 36.4 Å². The topological polar surface area (TPSA) is 51.8 Å². The first-order chi connectivity index (χ1) is 15.7. The van der Waals surface area contributed by atoms with E-state index in [9.17, 15) is 4.79 Å². The third kappa shape index (κ3) is 3.52. The van der Waals surface area contributed by atoms with Gasteiger partial charge in [0.15, 0.2) is 5.78 Å². The van der Waals surface area contributed by atoms with E-state index in [0.717, 1.165) is 54.2 Å². The Morgan fingerprint density at radius 1 is 1.09 bits per heavy atom. The third-order valence-corrected chi connectivity index (χ3v) is 5.95. The van der Waals surface area contributed by atoms with Gasteiger partial charge in [0.1, 0.15) is 5.65 Å². The number of rotatable bonds is 6. The highest BCUT2D eigenvalue weighted by Crippen LogP contribution is 2.26. The number of carbonyl (C=O) groups is 1. The molecule has 0 radical (unpaired) electrons. The molecule has 1 fully saturated rings. The van der Waals surface area contributed by atoms with E-state index in [1.54, 1.807) is 6.08 Å². The number of imidazole rings is 1. The molecule has 0 N–H and O–H groups in total. The largest absolute Gasteiger partial charge is 0.378 e. The second kappa shape index (κ2) is 8.48. The van der Waals surface area contributed by atoms with Gasteiger partial charge >= 0.3 is 0 Å². The molecule has 2 aromatic heterocycles. The van der Waals surface area contributed by atoms with Crippen molar-refractivity contribution >= 4 is 34.2 Å². The summed E-state index contributed by atoms with van der Waals surface area (Å²) in [7, 11) is 0. The SMILES string of the molecule is C=CCn1c2ccccc2n2nc(C)c(C(=O)C=Cc3ccc(N4CCOCC4)cc3)c12. The third-order valence-electron chi connectivity index (χ3n) is 5.95. The molecule has 0 spiro atoms. The molecule has 0 unspecified atom stereocenters. The minimum Gasteiger partial charge on any atom is -0.378 e. The summed E-state index contributed by atoms with van der Waals surface area (Å²) in [5.41, 5.74) is 6.34. The van der Waals surface area contributed by atoms with Gasteiger partial charge in [-0.2, -0.15) is 5.10 Å². The van der Waals surface area contributed by atoms with Crippen molar-refractivity contribution < 1.29 is 9.53 Å². The number of anilines is 1. The molecule has 4 aromatic rings. The number of hydrogen-bond donors (Lipinski definition) is 0. The summed E-state index contributed by atoms with van der Waals surface area (Å²) in [5, 5.41) is 4.67. The van der Waals surface area contributed by atoms with Crippen molar-refractivity contribution in [1.82, 2.24) is 14.2 Å². The van der Waals surface area contributed by atoms with Gasteiger partial charge in [-0.05, 0) is 42.8 Å². The number of nitrogens with zero attached hydrogens (tertiary/aromatic N) is 4. The zero-order valence-corrected chi connectivity index (χ0v) is 18.2. The van der Waals surface area contributed by atoms with E-state index in [4.69, 9.17) is 4.74 Å². The average molecular weight is 427 g/mol. The fraction of sp³-hybridized carbons (Fsp3) is 0.231. The molecule has 2 aromatic carbocycles. The van der Waals surface area contributed by atoms with Crippen molar-refractivity contribution in [2.24, 2.45) is 0 Å². The Balaban J connectivity index is 1.46. The molecule has 32 heavy (non-hydrogen) atoms. The Labute approximate surface area is 187 Å². The van der Waals surface area contributed by atoms with Crippen molar-refractivity contribution in [3.8, 4) is 0 Å². The Morgan fingerprint density at radius 2 is 1.81 bits per heavy atom. The van der Waals surface area contributed by atoms with Crippen LogP contribution in [-0.2, 0) is 11.3 Å². The van der Waals surface area contributed by atoms with E-state index in [1.807, 2.05) is 60.0 Å². The van der Waals surface area contributed by atoms with Crippen molar-refractivity contribution in [1.29, 1.82) is 0 Å². The van der Waals surface area contributed by atoms with Crippen molar-refractivity contribution in [3.05, 3.63) is 84.1 Å². The summed E-state index contributed by atoms with van der Waals surface area (Å²) in [6, 6.07) is 16.3. The van der Waals surface area contributed by atoms with Crippen LogP contribution in [0.25, 0.3) is 22.8 Å². The lowest BCUT2D eigenvalue weighted by molar-refractivity contribution is 0.104. The van der Waals surface area contributed by atoms with Gasteiger partial charge in [0.2, 0.25) is 0 Å². The predicted molar refractivity (Wildman–Crippen MR) is 128 cm³/mol. The summed E-state index contributed by atoms with van der Waals surface area (Å²) >= 11 is 0. The summed E-state index contributed by atoms with van der Waals surface area (Å²) in [6.07, 6.45) is 5.35. The van der Waals surface area contributed by atoms with Crippen LogP contribution in [0.5, 0.6) is 0 Å². The second-order valence-electron chi connectivity index (χ2n) is 7.97. The molecule has 6 nitrogen and oxygen atoms in total. The standard InChI is InChI=1S/C26H26N4O2/c1-3-14-29-22-6-4-5-7-23(22)30-26(29)25(19(2)27-30)24(31)13-10-20-8-11-21(12-9-20)28-15-17-32-18-16-28/h3-13H,1,14-18H2,2H3. The Hall–Kier alpha value is -3.64. The maximum Gasteiger partial charge on any atom is 0.191 e. The van der Waals surface area contributed by atoms with Crippen LogP contribution >= 0.6 is 0 Å². The Kier molecular flexibility index (Phi) is 5.37. The maximum atomic E-state index is 13.3. The number of hydrogen-bond acceptors (Lipinski definition) is 4. The number of ether oxygens (including phenoxy) is 1. The summed E-state index contributed by atoms with van der Waals surface area (Å²) in [4.78, 5) is 15.6. The van der Waals surface area contributed by atoms with Crippen LogP contribution < -0.4 is 4.90 Å². The fourth-order valence-electron chi connectivity index (χ4n) is 4.39. The molecule has 0 aliphatic carbocycles. The number of morpholine rings is 1. The van der Waals surface area contributed by atoms with Crippen LogP contribution in [0, 0.1) is 6.92 Å². The lowest BCUT2D eigenvalue weighted by Crippen LogP contribution is -2.36. The van der Waals surface area contributed by atoms with E-state index >= 15 is 0 Å². The summed E-state index contributed by atoms with van der Waals surface area (Å²) < 4.78 is 9.39. The molecule has 0 amide bonds. The lowest BCUT2D eigenvalue weighted by Gasteiger charge is -2.28. The number of aryl methyl sites for hydroxylation is 1. The molecule has 1 aliphatic heterocycles. The van der Waals surface area contributed by atoms with Crippen LogP contribution in [-0.4, -0.2) is 46.3 Å². The van der Waals surface area contributed by atoms with E-state index < -0.39 is 0 Å². The normalized spacial score (nSPS) is 14.6. The first-order valence-electron chi connectivity index (χ1n) is 10.9. The summed E-state index contributed by atoms with van der Waals surface area (Å²) in [5.74, 6) is -0.0529. The predicted octanol–water partition coefficient (Wildman–Crippen LogP) is 4.52. The minimum atomic E-state index is -0.0529. The number of para-hydroxylation sites is 2. The van der Waals surface area contributed by atoms with Crippen LogP contribution in [0.4, 0.5) is 5.69 Å². The van der Waals surface area contributed by atoms with E-state index in [2.05, 4.69) is 33.3 Å². The molecule has 1 aliphatic rings. The smallest absolute Gasteiger partial charge is 0.191 e. The number of benzene rings is 2. The quantitative estimate of drug-likeness (QED) is 0.259. The van der Waals surface area contributed by atoms with E-state index in [0.29, 0.717) is 12.1 Å². The molecular formula is C26H26N4O2. The number of fused-ring (bicyclic) bond motifs is 3. The van der Waals surface area contributed by atoms with Gasteiger partial charge in [-0.15, -0.1) is 6.58 Å². The van der Waals surface area contributed by atoms with Crippen molar-refractivity contribution in [2.45, 2.75) is 13.5 Å². The van der Waals surface area contributed by atoms with Gasteiger partial charge < -0.3 is 14.2 Å². The van der Waals surface area contributed by atoms with Gasteiger partial charge in [-0.3, -0.25) is 4.79 Å². The molecule has 5 rings (SSSR count).